The molecule has 0 aliphatic rings. The van der Waals surface area contributed by atoms with Gasteiger partial charge in [-0.2, -0.15) is 0 Å². The lowest BCUT2D eigenvalue weighted by Crippen LogP contribution is -2.07. The molecule has 0 spiro atoms. The molecule has 43 heavy (non-hydrogen) atoms. The Morgan fingerprint density at radius 2 is 0.977 bits per heavy atom. The van der Waals surface area contributed by atoms with Crippen LogP contribution >= 0.6 is 0 Å². The molecule has 0 unspecified atom stereocenters. The van der Waals surface area contributed by atoms with Gasteiger partial charge in [-0.3, -0.25) is 0 Å². The fraction of sp³-hybridized carbons (Fsp3) is 0. The van der Waals surface area contributed by atoms with E-state index in [4.69, 9.17) is 13.8 Å². The van der Waals surface area contributed by atoms with Crippen LogP contribution in [0.25, 0.3) is 77.1 Å². The second-order valence-electron chi connectivity index (χ2n) is 10.5. The van der Waals surface area contributed by atoms with E-state index in [1.54, 1.807) is 60.7 Å². The summed E-state index contributed by atoms with van der Waals surface area (Å²) in [5.74, 6) is 0.127. The molecule has 0 amide bonds. The van der Waals surface area contributed by atoms with Crippen LogP contribution in [0.2, 0.25) is 0 Å². The molecule has 204 valence electrons. The number of phenolic OH excluding ortho intramolecular Hbond substituents is 1. The fourth-order valence-corrected chi connectivity index (χ4v) is 5.73. The van der Waals surface area contributed by atoms with Crippen LogP contribution in [0.1, 0.15) is 0 Å². The standard InChI is InChI=1S/C37H21NO5/c39-25-13-9-21(10-14-25)24-17-32(30-19-28-26-7-3-1-5-22(26)11-15-34(28)42-36(30)40)38-33(18-24)31-20-29-27-8-4-2-6-23(27)12-16-35(29)43-37(31)41/h1-20,39H. The Hall–Kier alpha value is -6.01. The van der Waals surface area contributed by atoms with E-state index >= 15 is 0 Å². The maximum absolute atomic E-state index is 13.4. The SMILES string of the molecule is O=c1oc2ccc3ccccc3c2cc1-c1cc(-c2ccc(O)cc2)cc(-c2cc3c(ccc4ccccc43)oc2=O)n1. The number of aromatic hydroxyl groups is 1. The number of hydrogen-bond acceptors (Lipinski definition) is 6. The molecule has 3 heterocycles. The zero-order chi connectivity index (χ0) is 29.1. The molecule has 3 aromatic heterocycles. The van der Waals surface area contributed by atoms with Crippen molar-refractivity contribution >= 4 is 43.5 Å². The monoisotopic (exact) mass is 559 g/mol. The van der Waals surface area contributed by atoms with Crippen molar-refractivity contribution in [2.24, 2.45) is 0 Å². The predicted molar refractivity (Wildman–Crippen MR) is 169 cm³/mol. The highest BCUT2D eigenvalue weighted by atomic mass is 16.4. The lowest BCUT2D eigenvalue weighted by Gasteiger charge is -2.11. The molecule has 0 fully saturated rings. The Balaban J connectivity index is 1.42. The lowest BCUT2D eigenvalue weighted by atomic mass is 9.99. The highest BCUT2D eigenvalue weighted by Crippen LogP contribution is 2.33. The van der Waals surface area contributed by atoms with E-state index < -0.39 is 11.3 Å². The van der Waals surface area contributed by atoms with Gasteiger partial charge >= 0.3 is 11.3 Å². The van der Waals surface area contributed by atoms with Crippen molar-refractivity contribution in [1.29, 1.82) is 0 Å². The maximum Gasteiger partial charge on any atom is 0.345 e. The third-order valence-electron chi connectivity index (χ3n) is 7.86. The van der Waals surface area contributed by atoms with Crippen molar-refractivity contribution in [3.8, 4) is 39.4 Å². The van der Waals surface area contributed by atoms with Crippen molar-refractivity contribution in [1.82, 2.24) is 4.98 Å². The minimum absolute atomic E-state index is 0.127. The summed E-state index contributed by atoms with van der Waals surface area (Å²) in [5.41, 5.74) is 2.57. The maximum atomic E-state index is 13.4. The highest BCUT2D eigenvalue weighted by Gasteiger charge is 2.18. The van der Waals surface area contributed by atoms with Gasteiger partial charge in [-0.05, 0) is 81.2 Å². The molecular weight excluding hydrogens is 538 g/mol. The average molecular weight is 560 g/mol. The van der Waals surface area contributed by atoms with Gasteiger partial charge < -0.3 is 13.9 Å². The van der Waals surface area contributed by atoms with E-state index in [0.717, 1.165) is 37.9 Å². The molecule has 0 atom stereocenters. The first-order valence-electron chi connectivity index (χ1n) is 13.8. The number of pyridine rings is 1. The molecule has 6 nitrogen and oxygen atoms in total. The molecular formula is C37H21NO5. The van der Waals surface area contributed by atoms with Crippen LogP contribution < -0.4 is 11.3 Å². The number of phenols is 1. The minimum atomic E-state index is -0.541. The Morgan fingerprint density at radius 1 is 0.488 bits per heavy atom. The van der Waals surface area contributed by atoms with Crippen molar-refractivity contribution in [3.63, 3.8) is 0 Å². The van der Waals surface area contributed by atoms with Crippen LogP contribution in [0, 0.1) is 0 Å². The topological polar surface area (TPSA) is 93.5 Å². The molecule has 5 aromatic carbocycles. The summed E-state index contributed by atoms with van der Waals surface area (Å²) in [6.07, 6.45) is 0. The van der Waals surface area contributed by atoms with Gasteiger partial charge in [-0.1, -0.05) is 72.8 Å². The lowest BCUT2D eigenvalue weighted by molar-refractivity contribution is 0.475. The van der Waals surface area contributed by atoms with Crippen molar-refractivity contribution < 1.29 is 13.9 Å². The van der Waals surface area contributed by atoms with Crippen LogP contribution in [0.3, 0.4) is 0 Å². The second kappa shape index (κ2) is 9.53. The van der Waals surface area contributed by atoms with Crippen LogP contribution in [-0.2, 0) is 0 Å². The van der Waals surface area contributed by atoms with E-state index in [0.29, 0.717) is 28.1 Å². The zero-order valence-corrected chi connectivity index (χ0v) is 22.6. The van der Waals surface area contributed by atoms with Crippen molar-refractivity contribution in [3.05, 3.63) is 142 Å². The molecule has 0 bridgehead atoms. The second-order valence-corrected chi connectivity index (χ2v) is 10.5. The van der Waals surface area contributed by atoms with Crippen LogP contribution in [0.15, 0.2) is 140 Å². The first kappa shape index (κ1) is 24.8. The first-order chi connectivity index (χ1) is 21.0. The van der Waals surface area contributed by atoms with Gasteiger partial charge in [0.1, 0.15) is 16.9 Å². The van der Waals surface area contributed by atoms with Gasteiger partial charge in [0.05, 0.1) is 22.5 Å². The summed E-state index contributed by atoms with van der Waals surface area (Å²) in [7, 11) is 0. The first-order valence-corrected chi connectivity index (χ1v) is 13.8. The van der Waals surface area contributed by atoms with Crippen molar-refractivity contribution in [2.75, 3.05) is 0 Å². The summed E-state index contributed by atoms with van der Waals surface area (Å²) in [4.78, 5) is 31.6. The van der Waals surface area contributed by atoms with Gasteiger partial charge in [0.25, 0.3) is 0 Å². The Morgan fingerprint density at radius 3 is 1.49 bits per heavy atom. The smallest absolute Gasteiger partial charge is 0.345 e. The Kier molecular flexibility index (Phi) is 5.49. The minimum Gasteiger partial charge on any atom is -0.508 e. The molecule has 0 radical (unpaired) electrons. The van der Waals surface area contributed by atoms with Gasteiger partial charge in [0.15, 0.2) is 0 Å². The number of fused-ring (bicyclic) bond motifs is 6. The highest BCUT2D eigenvalue weighted by molar-refractivity contribution is 6.07. The summed E-state index contributed by atoms with van der Waals surface area (Å²) < 4.78 is 11.6. The van der Waals surface area contributed by atoms with Gasteiger partial charge in [-0.25, -0.2) is 14.6 Å². The zero-order valence-electron chi connectivity index (χ0n) is 22.6. The van der Waals surface area contributed by atoms with Crippen LogP contribution in [0.5, 0.6) is 5.75 Å². The summed E-state index contributed by atoms with van der Waals surface area (Å²) >= 11 is 0. The van der Waals surface area contributed by atoms with Crippen LogP contribution in [-0.4, -0.2) is 10.1 Å². The number of nitrogens with zero attached hydrogens (tertiary/aromatic N) is 1. The third kappa shape index (κ3) is 4.16. The average Bonchev–Trinajstić information content (AvgIpc) is 3.04. The van der Waals surface area contributed by atoms with E-state index in [9.17, 15) is 14.7 Å². The number of aromatic nitrogens is 1. The normalized spacial score (nSPS) is 11.5. The molecule has 8 aromatic rings. The number of benzene rings is 5. The largest absolute Gasteiger partial charge is 0.508 e. The van der Waals surface area contributed by atoms with E-state index in [-0.39, 0.29) is 16.9 Å². The van der Waals surface area contributed by atoms with Crippen LogP contribution in [0.4, 0.5) is 0 Å². The molecule has 6 heteroatoms. The van der Waals surface area contributed by atoms with Gasteiger partial charge in [0, 0.05) is 10.8 Å². The molecule has 0 saturated carbocycles. The predicted octanol–water partition coefficient (Wildman–Crippen LogP) is 8.31. The van der Waals surface area contributed by atoms with Gasteiger partial charge in [-0.15, -0.1) is 0 Å². The molecule has 0 saturated heterocycles. The Labute approximate surface area is 243 Å². The molecule has 0 aliphatic heterocycles. The van der Waals surface area contributed by atoms with E-state index in [1.807, 2.05) is 60.7 Å². The quantitative estimate of drug-likeness (QED) is 0.173. The van der Waals surface area contributed by atoms with E-state index in [2.05, 4.69) is 0 Å². The Bertz CT molecular complexity index is 2360. The van der Waals surface area contributed by atoms with E-state index in [1.165, 1.54) is 0 Å². The summed E-state index contributed by atoms with van der Waals surface area (Å²) in [6, 6.07) is 37.1. The number of hydrogen-bond donors (Lipinski definition) is 1. The molecule has 0 aliphatic carbocycles. The molecule has 1 N–H and O–H groups in total. The fourth-order valence-electron chi connectivity index (χ4n) is 5.73. The summed E-state index contributed by atoms with van der Waals surface area (Å²) in [5, 5.41) is 15.4. The summed E-state index contributed by atoms with van der Waals surface area (Å²) in [6.45, 7) is 0. The number of rotatable bonds is 3. The van der Waals surface area contributed by atoms with Gasteiger partial charge in [0.2, 0.25) is 0 Å². The third-order valence-corrected chi connectivity index (χ3v) is 7.86. The molecule has 8 rings (SSSR count). The van der Waals surface area contributed by atoms with Crippen molar-refractivity contribution in [2.45, 2.75) is 0 Å².